The van der Waals surface area contributed by atoms with Gasteiger partial charge in [0.15, 0.2) is 0 Å². The largest absolute Gasteiger partial charge is 0.497 e. The SMILES string of the molecule is CC(C)(C)c1ccnc(-n2c3[c-]c(C(=O)c4[c-]c(N5[CH-]N(C(C)(C)C)c6cc7c(cc65)nc5n7CCCC5)ccc4)ccc3c3ccccc32)c1.[Pt]. The number of para-hydroxylation sites is 1. The molecule has 0 aliphatic carbocycles. The zero-order valence-electron chi connectivity index (χ0n) is 30.4. The summed E-state index contributed by atoms with van der Waals surface area (Å²) in [6.45, 7) is 16.4. The maximum atomic E-state index is 14.3. The van der Waals surface area contributed by atoms with E-state index in [-0.39, 0.29) is 37.8 Å². The minimum atomic E-state index is -0.167. The molecule has 0 bridgehead atoms. The summed E-state index contributed by atoms with van der Waals surface area (Å²) in [4.78, 5) is 28.6. The molecule has 4 aromatic carbocycles. The third kappa shape index (κ3) is 5.56. The first kappa shape index (κ1) is 34.3. The van der Waals surface area contributed by atoms with Crippen molar-refractivity contribution in [1.29, 1.82) is 0 Å². The molecular weight excluding hydrogens is 824 g/mol. The van der Waals surface area contributed by atoms with Gasteiger partial charge in [-0.25, -0.2) is 9.97 Å². The molecule has 0 radical (unpaired) electrons. The van der Waals surface area contributed by atoms with Crippen LogP contribution in [0.25, 0.3) is 38.7 Å². The molecule has 5 heterocycles. The average Bonchev–Trinajstić information content (AvgIpc) is 3.79. The predicted molar refractivity (Wildman–Crippen MR) is 206 cm³/mol. The standard InChI is InChI=1S/C44H41N6O.Pt/c1-43(2,3)30-19-20-45-41(24-30)50-35-15-8-7-14-32(35)33-18-17-29(23-36(33)50)42(51)28-12-11-13-31(22-28)48-27-49(44(4,5)6)39-26-37-34(25-38(39)48)46-40-16-9-10-21-47(37)40;/h7-8,11-15,17-20,24-27H,9-10,16,21H2,1-6H3;/q-3;. The number of benzene rings is 4. The Bertz CT molecular complexity index is 2530. The van der Waals surface area contributed by atoms with Gasteiger partial charge in [-0.05, 0) is 85.8 Å². The Morgan fingerprint density at radius 3 is 2.42 bits per heavy atom. The van der Waals surface area contributed by atoms with E-state index in [0.717, 1.165) is 63.2 Å². The fraction of sp³-hybridized carbons (Fsp3) is 0.273. The molecule has 0 saturated heterocycles. The van der Waals surface area contributed by atoms with E-state index in [1.165, 1.54) is 29.7 Å². The zero-order valence-corrected chi connectivity index (χ0v) is 32.7. The third-order valence-corrected chi connectivity index (χ3v) is 10.4. The predicted octanol–water partition coefficient (Wildman–Crippen LogP) is 9.87. The van der Waals surface area contributed by atoms with Crippen LogP contribution in [0.5, 0.6) is 0 Å². The number of ketones is 1. The molecule has 2 aliphatic heterocycles. The van der Waals surface area contributed by atoms with Crippen molar-refractivity contribution in [3.05, 3.63) is 126 Å². The van der Waals surface area contributed by atoms with E-state index in [0.29, 0.717) is 11.1 Å². The van der Waals surface area contributed by atoms with Crippen molar-refractivity contribution in [2.45, 2.75) is 78.3 Å². The Morgan fingerprint density at radius 2 is 1.62 bits per heavy atom. The molecule has 2 aliphatic rings. The number of rotatable bonds is 4. The van der Waals surface area contributed by atoms with Gasteiger partial charge in [0, 0.05) is 62.7 Å². The summed E-state index contributed by atoms with van der Waals surface area (Å²) < 4.78 is 4.51. The number of aryl methyl sites for hydroxylation is 2. The number of fused-ring (bicyclic) bond motifs is 7. The van der Waals surface area contributed by atoms with Gasteiger partial charge in [-0.3, -0.25) is 0 Å². The van der Waals surface area contributed by atoms with Crippen molar-refractivity contribution in [1.82, 2.24) is 19.1 Å². The van der Waals surface area contributed by atoms with Crippen LogP contribution in [0.4, 0.5) is 17.1 Å². The summed E-state index contributed by atoms with van der Waals surface area (Å²) >= 11 is 0. The van der Waals surface area contributed by atoms with Crippen LogP contribution in [-0.4, -0.2) is 30.4 Å². The smallest absolute Gasteiger partial charge is 0.136 e. The second-order valence-corrected chi connectivity index (χ2v) is 15.9. The van der Waals surface area contributed by atoms with E-state index in [1.807, 2.05) is 48.7 Å². The Balaban J connectivity index is 0.00000387. The fourth-order valence-corrected chi connectivity index (χ4v) is 7.69. The summed E-state index contributed by atoms with van der Waals surface area (Å²) in [5.74, 6) is 1.85. The molecule has 0 N–H and O–H groups in total. The first-order valence-electron chi connectivity index (χ1n) is 17.9. The van der Waals surface area contributed by atoms with Crippen molar-refractivity contribution in [3.8, 4) is 5.82 Å². The zero-order chi connectivity index (χ0) is 35.2. The molecule has 266 valence electrons. The van der Waals surface area contributed by atoms with Crippen LogP contribution >= 0.6 is 0 Å². The molecule has 7 nitrogen and oxygen atoms in total. The summed E-state index contributed by atoms with van der Waals surface area (Å²) in [5, 5.41) is 2.12. The molecule has 8 heteroatoms. The number of nitrogens with zero attached hydrogens (tertiary/aromatic N) is 6. The molecule has 7 aromatic rings. The number of aromatic nitrogens is 4. The Labute approximate surface area is 319 Å². The van der Waals surface area contributed by atoms with Crippen molar-refractivity contribution in [2.75, 3.05) is 9.80 Å². The number of hydrogen-bond acceptors (Lipinski definition) is 5. The summed E-state index contributed by atoms with van der Waals surface area (Å²) in [7, 11) is 0. The number of anilines is 3. The average molecular weight is 865 g/mol. The first-order chi connectivity index (χ1) is 24.5. The van der Waals surface area contributed by atoms with Gasteiger partial charge in [-0.1, -0.05) is 50.0 Å². The van der Waals surface area contributed by atoms with Crippen LogP contribution in [0.3, 0.4) is 0 Å². The van der Waals surface area contributed by atoms with E-state index >= 15 is 0 Å². The van der Waals surface area contributed by atoms with Crippen LogP contribution in [0, 0.1) is 18.8 Å². The second-order valence-electron chi connectivity index (χ2n) is 15.9. The molecule has 0 amide bonds. The van der Waals surface area contributed by atoms with Crippen molar-refractivity contribution in [2.24, 2.45) is 0 Å². The number of carbonyl (C=O) groups is 1. The Hall–Kier alpha value is -4.74. The van der Waals surface area contributed by atoms with Crippen LogP contribution in [0.2, 0.25) is 0 Å². The normalized spacial score (nSPS) is 14.6. The topological polar surface area (TPSA) is 59.2 Å². The second kappa shape index (κ2) is 12.4. The molecule has 0 fully saturated rings. The summed E-state index contributed by atoms with van der Waals surface area (Å²) in [6.07, 6.45) is 5.24. The third-order valence-electron chi connectivity index (χ3n) is 10.4. The van der Waals surface area contributed by atoms with Gasteiger partial charge in [0.2, 0.25) is 0 Å². The quantitative estimate of drug-likeness (QED) is 0.130. The molecule has 3 aromatic heterocycles. The van der Waals surface area contributed by atoms with Crippen LogP contribution in [0.15, 0.2) is 85.1 Å². The van der Waals surface area contributed by atoms with Gasteiger partial charge < -0.3 is 23.7 Å². The van der Waals surface area contributed by atoms with Crippen LogP contribution < -0.4 is 9.80 Å². The van der Waals surface area contributed by atoms with Gasteiger partial charge in [-0.15, -0.1) is 53.6 Å². The van der Waals surface area contributed by atoms with E-state index in [1.54, 1.807) is 0 Å². The first-order valence-corrected chi connectivity index (χ1v) is 17.9. The molecule has 9 rings (SSSR count). The van der Waals surface area contributed by atoms with Gasteiger partial charge >= 0.3 is 0 Å². The van der Waals surface area contributed by atoms with Crippen molar-refractivity contribution in [3.63, 3.8) is 0 Å². The van der Waals surface area contributed by atoms with Crippen molar-refractivity contribution >= 4 is 55.7 Å². The number of pyridine rings is 1. The Morgan fingerprint density at radius 1 is 0.808 bits per heavy atom. The minimum absolute atomic E-state index is 0. The molecule has 0 spiro atoms. The maximum Gasteiger partial charge on any atom is 0.136 e. The minimum Gasteiger partial charge on any atom is -0.497 e. The molecule has 0 unspecified atom stereocenters. The molecule has 0 saturated carbocycles. The Kier molecular flexibility index (Phi) is 8.22. The van der Waals surface area contributed by atoms with E-state index in [9.17, 15) is 4.79 Å². The fourth-order valence-electron chi connectivity index (χ4n) is 7.69. The molecular formula is C44H41N6OPt-3. The van der Waals surface area contributed by atoms with Gasteiger partial charge in [0.25, 0.3) is 0 Å². The molecule has 0 atom stereocenters. The van der Waals surface area contributed by atoms with Crippen LogP contribution in [-0.2, 0) is 39.4 Å². The van der Waals surface area contributed by atoms with Gasteiger partial charge in [-0.2, -0.15) is 6.67 Å². The van der Waals surface area contributed by atoms with E-state index in [2.05, 4.69) is 116 Å². The number of hydrogen-bond donors (Lipinski definition) is 0. The number of imidazole rings is 1. The summed E-state index contributed by atoms with van der Waals surface area (Å²) in [5.41, 5.74) is 8.97. The van der Waals surface area contributed by atoms with E-state index < -0.39 is 0 Å². The number of carbonyl (C=O) groups excluding carboxylic acids is 1. The van der Waals surface area contributed by atoms with Gasteiger partial charge in [0.1, 0.15) is 11.6 Å². The monoisotopic (exact) mass is 864 g/mol. The van der Waals surface area contributed by atoms with Crippen LogP contribution in [0.1, 0.15) is 81.7 Å². The van der Waals surface area contributed by atoms with Crippen molar-refractivity contribution < 1.29 is 25.9 Å². The summed E-state index contributed by atoms with van der Waals surface area (Å²) in [6, 6.07) is 33.8. The van der Waals surface area contributed by atoms with Gasteiger partial charge in [0.05, 0.1) is 16.8 Å². The maximum absolute atomic E-state index is 14.3. The molecule has 52 heavy (non-hydrogen) atoms. The van der Waals surface area contributed by atoms with E-state index in [4.69, 9.17) is 9.97 Å².